The Morgan fingerprint density at radius 1 is 1.16 bits per heavy atom. The van der Waals surface area contributed by atoms with Gasteiger partial charge in [0.15, 0.2) is 0 Å². The Morgan fingerprint density at radius 2 is 1.89 bits per heavy atom. The maximum absolute atomic E-state index is 11.8. The second kappa shape index (κ2) is 9.30. The molecule has 0 atom stereocenters. The fraction of sp³-hybridized carbons (Fsp3) is 0.643. The Balaban J connectivity index is 2.20. The summed E-state index contributed by atoms with van der Waals surface area (Å²) in [7, 11) is 1.75. The van der Waals surface area contributed by atoms with E-state index in [0.29, 0.717) is 18.1 Å². The summed E-state index contributed by atoms with van der Waals surface area (Å²) >= 11 is 0. The van der Waals surface area contributed by atoms with Gasteiger partial charge in [0.2, 0.25) is 0 Å². The summed E-state index contributed by atoms with van der Waals surface area (Å²) in [4.78, 5) is 19.9. The maximum atomic E-state index is 11.8. The van der Waals surface area contributed by atoms with Crippen LogP contribution in [0.4, 0.5) is 5.82 Å². The van der Waals surface area contributed by atoms with Crippen LogP contribution in [0, 0.1) is 0 Å². The fourth-order valence-corrected chi connectivity index (χ4v) is 1.79. The number of rotatable bonds is 9. The first-order valence-electron chi connectivity index (χ1n) is 7.06. The van der Waals surface area contributed by atoms with Crippen LogP contribution in [0.3, 0.4) is 0 Å². The Kier molecular flexibility index (Phi) is 7.54. The number of nitrogens with zero attached hydrogens (tertiary/aromatic N) is 2. The molecule has 0 spiro atoms. The topological polar surface area (TPSA) is 66.9 Å². The van der Waals surface area contributed by atoms with E-state index in [1.54, 1.807) is 13.2 Å². The largest absolute Gasteiger partial charge is 0.372 e. The summed E-state index contributed by atoms with van der Waals surface area (Å²) in [6.45, 7) is 2.91. The minimum Gasteiger partial charge on any atom is -0.372 e. The quantitative estimate of drug-likeness (QED) is 0.673. The second-order valence-corrected chi connectivity index (χ2v) is 4.56. The van der Waals surface area contributed by atoms with Gasteiger partial charge in [-0.15, -0.1) is 0 Å². The van der Waals surface area contributed by atoms with Gasteiger partial charge in [0, 0.05) is 13.6 Å². The van der Waals surface area contributed by atoms with Gasteiger partial charge in [-0.1, -0.05) is 39.0 Å². The van der Waals surface area contributed by atoms with E-state index >= 15 is 0 Å². The molecule has 1 aromatic rings. The zero-order valence-electron chi connectivity index (χ0n) is 11.9. The van der Waals surface area contributed by atoms with Crippen molar-refractivity contribution in [1.29, 1.82) is 0 Å². The van der Waals surface area contributed by atoms with Crippen LogP contribution in [0.2, 0.25) is 0 Å². The van der Waals surface area contributed by atoms with E-state index in [1.165, 1.54) is 38.3 Å². The Morgan fingerprint density at radius 3 is 2.63 bits per heavy atom. The van der Waals surface area contributed by atoms with Gasteiger partial charge in [0.1, 0.15) is 11.5 Å². The predicted octanol–water partition coefficient (Wildman–Crippen LogP) is 2.61. The van der Waals surface area contributed by atoms with Gasteiger partial charge >= 0.3 is 0 Å². The van der Waals surface area contributed by atoms with Crippen LogP contribution in [-0.2, 0) is 0 Å². The summed E-state index contributed by atoms with van der Waals surface area (Å²) < 4.78 is 0. The van der Waals surface area contributed by atoms with Crippen LogP contribution in [-0.4, -0.2) is 29.5 Å². The van der Waals surface area contributed by atoms with Crippen molar-refractivity contribution in [1.82, 2.24) is 15.3 Å². The normalized spacial score (nSPS) is 10.2. The highest BCUT2D eigenvalue weighted by Gasteiger charge is 2.07. The van der Waals surface area contributed by atoms with E-state index in [2.05, 4.69) is 27.5 Å². The van der Waals surface area contributed by atoms with Gasteiger partial charge in [0.25, 0.3) is 5.91 Å². The molecule has 1 heterocycles. The van der Waals surface area contributed by atoms with Crippen molar-refractivity contribution in [2.45, 2.75) is 45.4 Å². The highest BCUT2D eigenvalue weighted by molar-refractivity contribution is 5.92. The maximum Gasteiger partial charge on any atom is 0.271 e. The smallest absolute Gasteiger partial charge is 0.271 e. The van der Waals surface area contributed by atoms with E-state index in [-0.39, 0.29) is 5.91 Å². The summed E-state index contributed by atoms with van der Waals surface area (Å²) in [6, 6.07) is 0. The van der Waals surface area contributed by atoms with Crippen molar-refractivity contribution >= 4 is 11.7 Å². The molecule has 5 nitrogen and oxygen atoms in total. The number of aromatic nitrogens is 2. The molecule has 0 saturated carbocycles. The van der Waals surface area contributed by atoms with Gasteiger partial charge in [-0.05, 0) is 6.42 Å². The fourth-order valence-electron chi connectivity index (χ4n) is 1.79. The molecule has 0 aliphatic heterocycles. The minimum absolute atomic E-state index is 0.154. The van der Waals surface area contributed by atoms with Gasteiger partial charge in [-0.2, -0.15) is 0 Å². The number of unbranched alkanes of at least 4 members (excludes halogenated alkanes) is 5. The van der Waals surface area contributed by atoms with Crippen molar-refractivity contribution in [3.63, 3.8) is 0 Å². The number of nitrogens with one attached hydrogen (secondary N) is 2. The Labute approximate surface area is 115 Å². The van der Waals surface area contributed by atoms with Crippen molar-refractivity contribution in [2.75, 3.05) is 18.9 Å². The first-order chi connectivity index (χ1) is 9.27. The van der Waals surface area contributed by atoms with Gasteiger partial charge < -0.3 is 10.6 Å². The van der Waals surface area contributed by atoms with E-state index in [1.807, 2.05) is 0 Å². The molecule has 0 aliphatic carbocycles. The summed E-state index contributed by atoms with van der Waals surface area (Å²) in [5, 5.41) is 5.74. The number of hydrogen-bond donors (Lipinski definition) is 2. The van der Waals surface area contributed by atoms with E-state index in [9.17, 15) is 4.79 Å². The minimum atomic E-state index is -0.154. The van der Waals surface area contributed by atoms with Crippen LogP contribution >= 0.6 is 0 Å². The average Bonchev–Trinajstić information content (AvgIpc) is 2.46. The van der Waals surface area contributed by atoms with Crippen LogP contribution in [0.1, 0.15) is 55.9 Å². The van der Waals surface area contributed by atoms with E-state index in [0.717, 1.165) is 6.42 Å². The molecule has 0 aliphatic rings. The van der Waals surface area contributed by atoms with Crippen LogP contribution in [0.15, 0.2) is 12.4 Å². The third-order valence-electron chi connectivity index (χ3n) is 2.94. The molecule has 0 bridgehead atoms. The monoisotopic (exact) mass is 264 g/mol. The second-order valence-electron chi connectivity index (χ2n) is 4.56. The standard InChI is InChI=1S/C14H24N4O/c1-3-4-5-6-7-8-9-17-14(19)12-10-16-11-13(15-2)18-12/h10-11H,3-9H2,1-2H3,(H,15,18)(H,17,19). The summed E-state index contributed by atoms with van der Waals surface area (Å²) in [5.41, 5.74) is 0.359. The molecular weight excluding hydrogens is 240 g/mol. The zero-order valence-corrected chi connectivity index (χ0v) is 11.9. The lowest BCUT2D eigenvalue weighted by Crippen LogP contribution is -2.25. The van der Waals surface area contributed by atoms with Crippen molar-refractivity contribution in [3.8, 4) is 0 Å². The molecule has 19 heavy (non-hydrogen) atoms. The molecular formula is C14H24N4O. The molecule has 1 aromatic heterocycles. The molecule has 1 amide bonds. The molecule has 5 heteroatoms. The molecule has 1 rings (SSSR count). The van der Waals surface area contributed by atoms with Gasteiger partial charge in [0.05, 0.1) is 12.4 Å². The lowest BCUT2D eigenvalue weighted by atomic mass is 10.1. The van der Waals surface area contributed by atoms with Gasteiger partial charge in [-0.3, -0.25) is 9.78 Å². The number of hydrogen-bond acceptors (Lipinski definition) is 4. The molecule has 0 aromatic carbocycles. The molecule has 2 N–H and O–H groups in total. The van der Waals surface area contributed by atoms with Crippen LogP contribution < -0.4 is 10.6 Å². The van der Waals surface area contributed by atoms with Gasteiger partial charge in [-0.25, -0.2) is 4.98 Å². The zero-order chi connectivity index (χ0) is 13.9. The molecule has 106 valence electrons. The molecule has 0 saturated heterocycles. The van der Waals surface area contributed by atoms with Crippen LogP contribution in [0.25, 0.3) is 0 Å². The first kappa shape index (κ1) is 15.4. The number of anilines is 1. The van der Waals surface area contributed by atoms with Crippen molar-refractivity contribution in [3.05, 3.63) is 18.1 Å². The third-order valence-corrected chi connectivity index (χ3v) is 2.94. The third kappa shape index (κ3) is 6.18. The molecule has 0 fully saturated rings. The number of carbonyl (C=O) groups excluding carboxylic acids is 1. The molecule has 0 unspecified atom stereocenters. The summed E-state index contributed by atoms with van der Waals surface area (Å²) in [5.74, 6) is 0.449. The van der Waals surface area contributed by atoms with Crippen LogP contribution in [0.5, 0.6) is 0 Å². The predicted molar refractivity (Wildman–Crippen MR) is 77.3 cm³/mol. The number of carbonyl (C=O) groups is 1. The number of amides is 1. The van der Waals surface area contributed by atoms with E-state index in [4.69, 9.17) is 0 Å². The SMILES string of the molecule is CCCCCCCCNC(=O)c1cncc(NC)n1. The Hall–Kier alpha value is -1.65. The highest BCUT2D eigenvalue weighted by Crippen LogP contribution is 2.04. The van der Waals surface area contributed by atoms with Crippen molar-refractivity contribution < 1.29 is 4.79 Å². The summed E-state index contributed by atoms with van der Waals surface area (Å²) in [6.07, 6.45) is 10.4. The van der Waals surface area contributed by atoms with E-state index < -0.39 is 0 Å². The average molecular weight is 264 g/mol. The lowest BCUT2D eigenvalue weighted by Gasteiger charge is -2.05. The molecule has 0 radical (unpaired) electrons. The van der Waals surface area contributed by atoms with Crippen molar-refractivity contribution in [2.24, 2.45) is 0 Å². The first-order valence-corrected chi connectivity index (χ1v) is 7.06. The Bertz CT molecular complexity index is 381. The lowest BCUT2D eigenvalue weighted by molar-refractivity contribution is 0.0947. The highest BCUT2D eigenvalue weighted by atomic mass is 16.1.